The minimum atomic E-state index is -0.316. The molecule has 330 valence electrons. The summed E-state index contributed by atoms with van der Waals surface area (Å²) in [4.78, 5) is 7.28. The molecular formula is C64H52N2O2. The van der Waals surface area contributed by atoms with E-state index in [1.807, 2.05) is 12.3 Å². The summed E-state index contributed by atoms with van der Waals surface area (Å²) in [6.45, 7) is 16.3. The third kappa shape index (κ3) is 5.58. The quantitative estimate of drug-likeness (QED) is 0.160. The summed E-state index contributed by atoms with van der Waals surface area (Å²) in [5, 5.41) is 4.68. The Kier molecular flexibility index (Phi) is 8.74. The molecule has 4 heteroatoms. The van der Waals surface area contributed by atoms with Crippen LogP contribution < -0.4 is 4.90 Å². The summed E-state index contributed by atoms with van der Waals surface area (Å²) < 4.78 is 13.8. The Labute approximate surface area is 397 Å². The molecule has 0 bridgehead atoms. The van der Waals surface area contributed by atoms with Gasteiger partial charge in [-0.3, -0.25) is 4.98 Å². The van der Waals surface area contributed by atoms with Crippen molar-refractivity contribution in [1.29, 1.82) is 0 Å². The van der Waals surface area contributed by atoms with Gasteiger partial charge in [0.2, 0.25) is 0 Å². The minimum Gasteiger partial charge on any atom is -0.455 e. The molecule has 4 nitrogen and oxygen atoms in total. The third-order valence-electron chi connectivity index (χ3n) is 15.5. The van der Waals surface area contributed by atoms with Crippen LogP contribution in [-0.2, 0) is 23.7 Å². The molecule has 0 spiro atoms. The second-order valence-corrected chi connectivity index (χ2v) is 20.0. The van der Waals surface area contributed by atoms with E-state index in [0.717, 1.165) is 74.3 Å². The molecule has 2 aliphatic rings. The molecule has 2 aliphatic carbocycles. The van der Waals surface area contributed by atoms with E-state index in [0.29, 0.717) is 0 Å². The van der Waals surface area contributed by atoms with E-state index >= 15 is 0 Å². The first kappa shape index (κ1) is 40.6. The number of fused-ring (bicyclic) bond motifs is 14. The van der Waals surface area contributed by atoms with Crippen molar-refractivity contribution in [1.82, 2.24) is 4.98 Å². The van der Waals surface area contributed by atoms with Crippen molar-refractivity contribution in [2.75, 3.05) is 4.90 Å². The Morgan fingerprint density at radius 1 is 0.485 bits per heavy atom. The number of hydrogen-bond donors (Lipinski definition) is 0. The first-order valence-corrected chi connectivity index (χ1v) is 24.2. The van der Waals surface area contributed by atoms with Gasteiger partial charge in [-0.2, -0.15) is 0 Å². The van der Waals surface area contributed by atoms with Gasteiger partial charge in [0.15, 0.2) is 0 Å². The van der Waals surface area contributed by atoms with E-state index in [1.54, 1.807) is 0 Å². The van der Waals surface area contributed by atoms with E-state index in [1.165, 1.54) is 83.1 Å². The lowest BCUT2D eigenvalue weighted by Gasteiger charge is -2.29. The Balaban J connectivity index is 1.02. The number of furan rings is 2. The lowest BCUT2D eigenvalue weighted by atomic mass is 9.76. The Hall–Kier alpha value is -7.69. The molecule has 0 amide bonds. The summed E-state index contributed by atoms with van der Waals surface area (Å²) in [6, 6.07) is 57.7. The number of nitrogens with zero attached hydrogens (tertiary/aromatic N) is 2. The number of aryl methyl sites for hydroxylation is 2. The largest absolute Gasteiger partial charge is 0.455 e. The molecule has 0 N–H and O–H groups in total. The van der Waals surface area contributed by atoms with Crippen LogP contribution in [0.25, 0.3) is 88.5 Å². The van der Waals surface area contributed by atoms with E-state index < -0.39 is 0 Å². The van der Waals surface area contributed by atoms with E-state index in [4.69, 9.17) is 13.8 Å². The molecule has 0 saturated heterocycles. The topological polar surface area (TPSA) is 42.4 Å². The van der Waals surface area contributed by atoms with Gasteiger partial charge in [0.05, 0.1) is 5.69 Å². The van der Waals surface area contributed by atoms with Crippen molar-refractivity contribution in [2.24, 2.45) is 0 Å². The summed E-state index contributed by atoms with van der Waals surface area (Å²) in [7, 11) is 0. The van der Waals surface area contributed by atoms with Gasteiger partial charge in [0.25, 0.3) is 0 Å². The van der Waals surface area contributed by atoms with Crippen LogP contribution in [-0.4, -0.2) is 4.98 Å². The molecule has 3 heterocycles. The minimum absolute atomic E-state index is 0.176. The Morgan fingerprint density at radius 3 is 1.81 bits per heavy atom. The number of rotatable bonds is 7. The molecule has 8 aromatic carbocycles. The fraction of sp³-hybridized carbons (Fsp3) is 0.172. The maximum Gasteiger partial charge on any atom is 0.145 e. The van der Waals surface area contributed by atoms with Crippen molar-refractivity contribution < 1.29 is 8.83 Å². The summed E-state index contributed by atoms with van der Waals surface area (Å²) in [6.07, 6.45) is 3.61. The smallest absolute Gasteiger partial charge is 0.145 e. The molecule has 0 unspecified atom stereocenters. The number of anilines is 3. The fourth-order valence-corrected chi connectivity index (χ4v) is 12.3. The maximum absolute atomic E-state index is 7.06. The zero-order chi connectivity index (χ0) is 46.2. The van der Waals surface area contributed by atoms with Crippen molar-refractivity contribution in [3.8, 4) is 44.6 Å². The van der Waals surface area contributed by atoms with Crippen LogP contribution >= 0.6 is 0 Å². The molecule has 0 fully saturated rings. The number of hydrogen-bond acceptors (Lipinski definition) is 4. The number of pyridine rings is 1. The monoisotopic (exact) mass is 880 g/mol. The lowest BCUT2D eigenvalue weighted by Crippen LogP contribution is -2.18. The Morgan fingerprint density at radius 2 is 1.10 bits per heavy atom. The molecule has 68 heavy (non-hydrogen) atoms. The summed E-state index contributed by atoms with van der Waals surface area (Å²) in [5.74, 6) is 0. The van der Waals surface area contributed by atoms with Crippen LogP contribution in [0.2, 0.25) is 0 Å². The highest BCUT2D eigenvalue weighted by Crippen LogP contribution is 2.59. The average Bonchev–Trinajstić information content (AvgIpc) is 4.07. The SMILES string of the molecule is CCc1cc(N(c2ccc(C)cc2)c2ccc3c(c2)C(C)(C)c2cc(-c4ccccn4)c4oc5ccccc5c4c2-3)ccc1-c1c(CC)c2c(c3c1oc1ccccc13)-c1ccccc1C2(C)C. The third-order valence-corrected chi connectivity index (χ3v) is 15.5. The van der Waals surface area contributed by atoms with E-state index in [2.05, 4.69) is 205 Å². The zero-order valence-electron chi connectivity index (χ0n) is 39.7. The van der Waals surface area contributed by atoms with Crippen LogP contribution in [0, 0.1) is 6.92 Å². The van der Waals surface area contributed by atoms with Gasteiger partial charge in [-0.15, -0.1) is 0 Å². The molecule has 0 saturated carbocycles. The van der Waals surface area contributed by atoms with Gasteiger partial charge < -0.3 is 13.7 Å². The van der Waals surface area contributed by atoms with E-state index in [9.17, 15) is 0 Å². The fourth-order valence-electron chi connectivity index (χ4n) is 12.3. The zero-order valence-corrected chi connectivity index (χ0v) is 39.7. The number of benzene rings is 8. The molecule has 0 atom stereocenters. The van der Waals surface area contributed by atoms with Crippen molar-refractivity contribution in [2.45, 2.75) is 72.1 Å². The first-order chi connectivity index (χ1) is 33.1. The molecule has 13 rings (SSSR count). The first-order valence-electron chi connectivity index (χ1n) is 24.2. The predicted molar refractivity (Wildman–Crippen MR) is 283 cm³/mol. The lowest BCUT2D eigenvalue weighted by molar-refractivity contribution is 0.649. The summed E-state index contributed by atoms with van der Waals surface area (Å²) in [5.41, 5.74) is 25.4. The maximum atomic E-state index is 7.06. The normalized spacial score (nSPS) is 14.2. The highest BCUT2D eigenvalue weighted by molar-refractivity contribution is 6.20. The highest BCUT2D eigenvalue weighted by Gasteiger charge is 2.42. The van der Waals surface area contributed by atoms with Gasteiger partial charge >= 0.3 is 0 Å². The van der Waals surface area contributed by atoms with Crippen molar-refractivity contribution >= 4 is 60.9 Å². The number of aromatic nitrogens is 1. The van der Waals surface area contributed by atoms with Crippen molar-refractivity contribution in [3.05, 3.63) is 203 Å². The average molecular weight is 881 g/mol. The Bertz CT molecular complexity index is 3880. The van der Waals surface area contributed by atoms with Gasteiger partial charge in [0, 0.05) is 66.8 Å². The van der Waals surface area contributed by atoms with Crippen LogP contribution in [0.3, 0.4) is 0 Å². The van der Waals surface area contributed by atoms with Crippen molar-refractivity contribution in [3.63, 3.8) is 0 Å². The predicted octanol–water partition coefficient (Wildman–Crippen LogP) is 17.7. The molecule has 0 aliphatic heterocycles. The standard InChI is InChI=1S/C64H52N2O2/c1-8-38-34-40(29-31-43(38)55-42(9-2)60-57(44-18-10-13-21-49(44)64(60,6)7)59-47-20-12-15-24-54(47)68-62(55)59)66(39-27-25-37(3)26-28-39)41-30-32-45-50(35-41)63(4,5)51-36-48(52-22-16-17-33-65-52)61-58(56(45)51)46-19-11-14-23-53(46)67-61/h10-36H,8-9H2,1-7H3. The second-order valence-electron chi connectivity index (χ2n) is 20.0. The highest BCUT2D eigenvalue weighted by atomic mass is 16.3. The van der Waals surface area contributed by atoms with Crippen LogP contribution in [0.1, 0.15) is 80.5 Å². The second kappa shape index (κ2) is 14.7. The van der Waals surface area contributed by atoms with Gasteiger partial charge in [-0.1, -0.05) is 138 Å². The molecule has 11 aromatic rings. The van der Waals surface area contributed by atoms with Gasteiger partial charge in [-0.25, -0.2) is 0 Å². The number of para-hydroxylation sites is 2. The van der Waals surface area contributed by atoms with E-state index in [-0.39, 0.29) is 10.8 Å². The van der Waals surface area contributed by atoms with Gasteiger partial charge in [0.1, 0.15) is 22.3 Å². The van der Waals surface area contributed by atoms with Crippen LogP contribution in [0.5, 0.6) is 0 Å². The van der Waals surface area contributed by atoms with Crippen LogP contribution in [0.4, 0.5) is 17.1 Å². The molecule has 3 aromatic heterocycles. The van der Waals surface area contributed by atoms with Gasteiger partial charge in [-0.05, 0) is 148 Å². The molecule has 0 radical (unpaired) electrons. The van der Waals surface area contributed by atoms with Crippen LogP contribution in [0.15, 0.2) is 173 Å². The molecular weight excluding hydrogens is 829 g/mol. The summed E-state index contributed by atoms with van der Waals surface area (Å²) >= 11 is 0.